The molecule has 0 aliphatic heterocycles. The largest absolute Gasteiger partial charge is 0.351 e. The molecule has 30 heavy (non-hydrogen) atoms. The zero-order valence-electron chi connectivity index (χ0n) is 17.4. The first-order valence-corrected chi connectivity index (χ1v) is 11.0. The molecule has 1 amide bonds. The number of carbonyl (C=O) groups excluding carboxylic acids is 1. The van der Waals surface area contributed by atoms with Gasteiger partial charge in [-0.05, 0) is 45.0 Å². The van der Waals surface area contributed by atoms with Gasteiger partial charge in [-0.3, -0.25) is 4.79 Å². The third-order valence-electron chi connectivity index (χ3n) is 5.17. The molecule has 1 N–H and O–H groups in total. The Morgan fingerprint density at radius 1 is 1.07 bits per heavy atom. The Kier molecular flexibility index (Phi) is 5.90. The summed E-state index contributed by atoms with van der Waals surface area (Å²) in [6, 6.07) is 18.1. The Bertz CT molecular complexity index is 1180. The molecule has 154 valence electrons. The number of nitrogens with zero attached hydrogens (tertiary/aromatic N) is 4. The highest BCUT2D eigenvalue weighted by atomic mass is 32.2. The molecule has 0 fully saturated rings. The summed E-state index contributed by atoms with van der Waals surface area (Å²) in [5.41, 5.74) is 6.10. The van der Waals surface area contributed by atoms with Gasteiger partial charge in [-0.15, -0.1) is 0 Å². The summed E-state index contributed by atoms with van der Waals surface area (Å²) in [7, 11) is 0. The molecule has 2 aromatic carbocycles. The van der Waals surface area contributed by atoms with Crippen molar-refractivity contribution < 1.29 is 4.79 Å². The molecule has 0 atom stereocenters. The van der Waals surface area contributed by atoms with Crippen LogP contribution in [0, 0.1) is 13.8 Å². The van der Waals surface area contributed by atoms with Gasteiger partial charge < -0.3 is 9.88 Å². The average molecular weight is 420 g/mol. The van der Waals surface area contributed by atoms with E-state index in [4.69, 9.17) is 0 Å². The van der Waals surface area contributed by atoms with Crippen LogP contribution in [0.1, 0.15) is 23.9 Å². The van der Waals surface area contributed by atoms with E-state index in [1.165, 1.54) is 11.8 Å². The van der Waals surface area contributed by atoms with Gasteiger partial charge in [0, 0.05) is 24.3 Å². The summed E-state index contributed by atoms with van der Waals surface area (Å²) in [5, 5.41) is 8.56. The van der Waals surface area contributed by atoms with Crippen LogP contribution in [0.2, 0.25) is 0 Å². The van der Waals surface area contributed by atoms with E-state index in [0.29, 0.717) is 12.3 Å². The average Bonchev–Trinajstić information content (AvgIpc) is 3.27. The number of thioether (sulfide) groups is 1. The van der Waals surface area contributed by atoms with Crippen LogP contribution < -0.4 is 5.32 Å². The molecule has 2 aromatic heterocycles. The van der Waals surface area contributed by atoms with Gasteiger partial charge in [0.25, 0.3) is 0 Å². The Morgan fingerprint density at radius 3 is 2.57 bits per heavy atom. The standard InChI is InChI=1S/C23H25N5OS/c1-4-27-21-13-9-8-12-20(21)25-23(27)30-15-22(29)24-14-19-16(2)26-28(17(19)3)18-10-6-5-7-11-18/h5-13H,4,14-15H2,1-3H3,(H,24,29). The fraction of sp³-hybridized carbons (Fsp3) is 0.261. The smallest absolute Gasteiger partial charge is 0.230 e. The maximum Gasteiger partial charge on any atom is 0.230 e. The third kappa shape index (κ3) is 3.98. The number of hydrogen-bond acceptors (Lipinski definition) is 4. The first-order chi connectivity index (χ1) is 14.6. The lowest BCUT2D eigenvalue weighted by Gasteiger charge is -2.08. The monoisotopic (exact) mass is 419 g/mol. The number of rotatable bonds is 7. The van der Waals surface area contributed by atoms with E-state index in [-0.39, 0.29) is 5.91 Å². The number of carbonyl (C=O) groups is 1. The van der Waals surface area contributed by atoms with Crippen LogP contribution in [0.4, 0.5) is 0 Å². The van der Waals surface area contributed by atoms with Gasteiger partial charge in [-0.1, -0.05) is 42.1 Å². The van der Waals surface area contributed by atoms with Crippen molar-refractivity contribution in [2.75, 3.05) is 5.75 Å². The zero-order valence-corrected chi connectivity index (χ0v) is 18.2. The Labute approximate surface area is 180 Å². The first-order valence-electron chi connectivity index (χ1n) is 10.0. The number of imidazole rings is 1. The van der Waals surface area contributed by atoms with Gasteiger partial charge in [0.2, 0.25) is 5.91 Å². The Morgan fingerprint density at radius 2 is 1.80 bits per heavy atom. The van der Waals surface area contributed by atoms with Crippen LogP contribution in [-0.2, 0) is 17.9 Å². The number of para-hydroxylation sites is 3. The lowest BCUT2D eigenvalue weighted by Crippen LogP contribution is -2.25. The van der Waals surface area contributed by atoms with Crippen molar-refractivity contribution in [3.8, 4) is 5.69 Å². The second-order valence-corrected chi connectivity index (χ2v) is 8.03. The van der Waals surface area contributed by atoms with Crippen molar-refractivity contribution in [2.24, 2.45) is 0 Å². The quantitative estimate of drug-likeness (QED) is 0.455. The first kappa shape index (κ1) is 20.2. The van der Waals surface area contributed by atoms with E-state index in [0.717, 1.165) is 45.4 Å². The maximum absolute atomic E-state index is 12.5. The van der Waals surface area contributed by atoms with Crippen LogP contribution in [0.5, 0.6) is 0 Å². The molecule has 4 aromatic rings. The molecule has 0 radical (unpaired) electrons. The lowest BCUT2D eigenvalue weighted by molar-refractivity contribution is -0.118. The van der Waals surface area contributed by atoms with Crippen molar-refractivity contribution in [3.05, 3.63) is 71.5 Å². The van der Waals surface area contributed by atoms with Gasteiger partial charge in [-0.2, -0.15) is 5.10 Å². The van der Waals surface area contributed by atoms with Crippen molar-refractivity contribution in [1.29, 1.82) is 0 Å². The molecular weight excluding hydrogens is 394 g/mol. The summed E-state index contributed by atoms with van der Waals surface area (Å²) in [6.45, 7) is 7.39. The number of aromatic nitrogens is 4. The summed E-state index contributed by atoms with van der Waals surface area (Å²) in [6.07, 6.45) is 0. The van der Waals surface area contributed by atoms with Crippen LogP contribution in [0.15, 0.2) is 59.8 Å². The highest BCUT2D eigenvalue weighted by Gasteiger charge is 2.15. The highest BCUT2D eigenvalue weighted by Crippen LogP contribution is 2.24. The van der Waals surface area contributed by atoms with Crippen LogP contribution in [0.3, 0.4) is 0 Å². The molecule has 0 spiro atoms. The van der Waals surface area contributed by atoms with Crippen molar-refractivity contribution in [1.82, 2.24) is 24.6 Å². The van der Waals surface area contributed by atoms with E-state index in [2.05, 4.69) is 33.0 Å². The topological polar surface area (TPSA) is 64.7 Å². The van der Waals surface area contributed by atoms with Crippen LogP contribution >= 0.6 is 11.8 Å². The van der Waals surface area contributed by atoms with Gasteiger partial charge in [0.05, 0.1) is 28.2 Å². The van der Waals surface area contributed by atoms with Gasteiger partial charge in [0.1, 0.15) is 0 Å². The predicted octanol–water partition coefficient (Wildman–Crippen LogP) is 4.27. The number of aryl methyl sites for hydroxylation is 2. The van der Waals surface area contributed by atoms with E-state index in [1.807, 2.05) is 67.1 Å². The fourth-order valence-corrected chi connectivity index (χ4v) is 4.50. The number of fused-ring (bicyclic) bond motifs is 1. The summed E-state index contributed by atoms with van der Waals surface area (Å²) in [5.74, 6) is 0.315. The molecule has 0 aliphatic rings. The Hall–Kier alpha value is -3.06. The molecule has 6 nitrogen and oxygen atoms in total. The Balaban J connectivity index is 1.41. The molecule has 0 bridgehead atoms. The zero-order chi connectivity index (χ0) is 21.1. The minimum atomic E-state index is -0.0130. The van der Waals surface area contributed by atoms with E-state index >= 15 is 0 Å². The number of benzene rings is 2. The SMILES string of the molecule is CCn1c(SCC(=O)NCc2c(C)nn(-c3ccccc3)c2C)nc2ccccc21. The van der Waals surface area contributed by atoms with E-state index < -0.39 is 0 Å². The summed E-state index contributed by atoms with van der Waals surface area (Å²) < 4.78 is 4.07. The van der Waals surface area contributed by atoms with Crippen molar-refractivity contribution >= 4 is 28.7 Å². The van der Waals surface area contributed by atoms with Gasteiger partial charge in [-0.25, -0.2) is 9.67 Å². The molecule has 4 rings (SSSR count). The van der Waals surface area contributed by atoms with Crippen LogP contribution in [0.25, 0.3) is 16.7 Å². The molecule has 0 unspecified atom stereocenters. The lowest BCUT2D eigenvalue weighted by atomic mass is 10.2. The molecule has 0 saturated carbocycles. The van der Waals surface area contributed by atoms with E-state index in [9.17, 15) is 4.79 Å². The van der Waals surface area contributed by atoms with E-state index in [1.54, 1.807) is 0 Å². The molecular formula is C23H25N5OS. The highest BCUT2D eigenvalue weighted by molar-refractivity contribution is 7.99. The number of hydrogen-bond donors (Lipinski definition) is 1. The number of nitrogens with one attached hydrogen (secondary N) is 1. The second kappa shape index (κ2) is 8.75. The third-order valence-corrected chi connectivity index (χ3v) is 6.15. The maximum atomic E-state index is 12.5. The second-order valence-electron chi connectivity index (χ2n) is 7.09. The van der Waals surface area contributed by atoms with Gasteiger partial charge in [0.15, 0.2) is 5.16 Å². The predicted molar refractivity (Wildman–Crippen MR) is 121 cm³/mol. The summed E-state index contributed by atoms with van der Waals surface area (Å²) >= 11 is 1.47. The fourth-order valence-electron chi connectivity index (χ4n) is 3.59. The number of amides is 1. The minimum absolute atomic E-state index is 0.0130. The van der Waals surface area contributed by atoms with Crippen LogP contribution in [-0.4, -0.2) is 31.0 Å². The van der Waals surface area contributed by atoms with Crippen molar-refractivity contribution in [2.45, 2.75) is 39.0 Å². The summed E-state index contributed by atoms with van der Waals surface area (Å²) in [4.78, 5) is 17.2. The minimum Gasteiger partial charge on any atom is -0.351 e. The molecule has 0 aliphatic carbocycles. The molecule has 2 heterocycles. The molecule has 7 heteroatoms. The van der Waals surface area contributed by atoms with Gasteiger partial charge >= 0.3 is 0 Å². The molecule has 0 saturated heterocycles. The normalized spacial score (nSPS) is 11.2. The van der Waals surface area contributed by atoms with Crippen molar-refractivity contribution in [3.63, 3.8) is 0 Å².